The predicted octanol–water partition coefficient (Wildman–Crippen LogP) is 0.320. The van der Waals surface area contributed by atoms with Gasteiger partial charge >= 0.3 is 0 Å². The van der Waals surface area contributed by atoms with Gasteiger partial charge in [0.1, 0.15) is 4.90 Å². The van der Waals surface area contributed by atoms with Gasteiger partial charge in [-0.25, -0.2) is 17.7 Å². The normalized spacial score (nSPS) is 19.8. The van der Waals surface area contributed by atoms with E-state index in [1.807, 2.05) is 0 Å². The molecule has 1 aliphatic heterocycles. The summed E-state index contributed by atoms with van der Waals surface area (Å²) in [5.41, 5.74) is 0. The van der Waals surface area contributed by atoms with Gasteiger partial charge in [0.2, 0.25) is 15.9 Å². The van der Waals surface area contributed by atoms with Crippen molar-refractivity contribution in [2.45, 2.75) is 11.3 Å². The van der Waals surface area contributed by atoms with Gasteiger partial charge in [-0.05, 0) is 19.0 Å². The topological polar surface area (TPSA) is 71.5 Å². The van der Waals surface area contributed by atoms with E-state index in [2.05, 4.69) is 10.3 Å². The van der Waals surface area contributed by atoms with Crippen LogP contribution in [-0.2, 0) is 10.0 Å². The first-order valence-electron chi connectivity index (χ1n) is 6.22. The van der Waals surface area contributed by atoms with Crippen LogP contribution in [0, 0.1) is 5.92 Å². The quantitative estimate of drug-likeness (QED) is 0.843. The number of hydrogen-bond acceptors (Lipinski definition) is 5. The second-order valence-corrected chi connectivity index (χ2v) is 6.94. The van der Waals surface area contributed by atoms with Gasteiger partial charge in [0.25, 0.3) is 0 Å². The monoisotopic (exact) mass is 285 g/mol. The van der Waals surface area contributed by atoms with E-state index in [0.717, 1.165) is 23.8 Å². The Balaban J connectivity index is 1.98. The summed E-state index contributed by atoms with van der Waals surface area (Å²) in [6, 6.07) is 3.11. The van der Waals surface area contributed by atoms with Crippen LogP contribution in [0.1, 0.15) is 6.42 Å². The van der Waals surface area contributed by atoms with Crippen LogP contribution in [-0.4, -0.2) is 51.5 Å². The lowest BCUT2D eigenvalue weighted by Crippen LogP contribution is -2.22. The van der Waals surface area contributed by atoms with E-state index in [-0.39, 0.29) is 4.90 Å². The summed E-state index contributed by atoms with van der Waals surface area (Å²) in [6.07, 6.45) is 2.44. The van der Waals surface area contributed by atoms with Gasteiger partial charge in [0, 0.05) is 32.6 Å². The van der Waals surface area contributed by atoms with Crippen molar-refractivity contribution in [1.29, 1.82) is 0 Å². The third-order valence-corrected chi connectivity index (χ3v) is 4.92. The first-order valence-corrected chi connectivity index (χ1v) is 7.66. The lowest BCUT2D eigenvalue weighted by molar-refractivity contribution is 0.251. The number of ether oxygens (including phenoxy) is 1. The summed E-state index contributed by atoms with van der Waals surface area (Å²) in [6.45, 7) is 2.61. The molecule has 0 aromatic carbocycles. The largest absolute Gasteiger partial charge is 0.477 e. The van der Waals surface area contributed by atoms with Gasteiger partial charge in [0.15, 0.2) is 0 Å². The minimum Gasteiger partial charge on any atom is -0.477 e. The maximum absolute atomic E-state index is 11.8. The molecule has 2 rings (SSSR count). The molecule has 0 aliphatic carbocycles. The van der Waals surface area contributed by atoms with Crippen molar-refractivity contribution in [3.63, 3.8) is 0 Å². The minimum atomic E-state index is -3.42. The van der Waals surface area contributed by atoms with E-state index in [1.165, 1.54) is 26.4 Å². The molecule has 0 spiro atoms. The van der Waals surface area contributed by atoms with Crippen LogP contribution in [0.4, 0.5) is 0 Å². The van der Waals surface area contributed by atoms with E-state index in [4.69, 9.17) is 4.74 Å². The Labute approximate surface area is 113 Å². The molecular formula is C12H19N3O3S. The minimum absolute atomic E-state index is 0.174. The summed E-state index contributed by atoms with van der Waals surface area (Å²) in [7, 11) is -0.433. The van der Waals surface area contributed by atoms with Gasteiger partial charge in [-0.15, -0.1) is 0 Å². The average molecular weight is 285 g/mol. The highest BCUT2D eigenvalue weighted by molar-refractivity contribution is 7.89. The Kier molecular flexibility index (Phi) is 4.38. The summed E-state index contributed by atoms with van der Waals surface area (Å²) in [5.74, 6) is 0.969. The van der Waals surface area contributed by atoms with Crippen LogP contribution in [0.25, 0.3) is 0 Å². The van der Waals surface area contributed by atoms with Gasteiger partial charge < -0.3 is 10.1 Å². The van der Waals surface area contributed by atoms with E-state index >= 15 is 0 Å². The van der Waals surface area contributed by atoms with E-state index in [0.29, 0.717) is 18.4 Å². The molecule has 1 fully saturated rings. The fraction of sp³-hybridized carbons (Fsp3) is 0.583. The van der Waals surface area contributed by atoms with Crippen molar-refractivity contribution in [2.24, 2.45) is 5.92 Å². The number of aromatic nitrogens is 1. The average Bonchev–Trinajstić information content (AvgIpc) is 2.90. The second-order valence-electron chi connectivity index (χ2n) is 4.79. The van der Waals surface area contributed by atoms with Crippen LogP contribution in [0.15, 0.2) is 23.2 Å². The van der Waals surface area contributed by atoms with E-state index < -0.39 is 10.0 Å². The molecule has 2 heterocycles. The number of nitrogens with one attached hydrogen (secondary N) is 1. The molecule has 1 saturated heterocycles. The standard InChI is InChI=1S/C12H19N3O3S/c1-15(2)19(16,17)11-3-4-12(14-8-11)18-9-10-5-6-13-7-10/h3-4,8,10,13H,5-7,9H2,1-2H3. The van der Waals surface area contributed by atoms with Crippen LogP contribution >= 0.6 is 0 Å². The molecule has 1 aliphatic rings. The molecule has 19 heavy (non-hydrogen) atoms. The molecule has 1 N–H and O–H groups in total. The molecule has 0 bridgehead atoms. The molecule has 6 nitrogen and oxygen atoms in total. The van der Waals surface area contributed by atoms with Gasteiger partial charge in [0.05, 0.1) is 12.8 Å². The number of sulfonamides is 1. The summed E-state index contributed by atoms with van der Waals surface area (Å²) in [4.78, 5) is 4.21. The second kappa shape index (κ2) is 5.85. The van der Waals surface area contributed by atoms with Crippen molar-refractivity contribution in [3.8, 4) is 5.88 Å². The molecule has 1 aromatic heterocycles. The van der Waals surface area contributed by atoms with Gasteiger partial charge in [-0.2, -0.15) is 0 Å². The van der Waals surface area contributed by atoms with Gasteiger partial charge in [-0.1, -0.05) is 0 Å². The molecule has 7 heteroatoms. The molecule has 0 radical (unpaired) electrons. The molecular weight excluding hydrogens is 266 g/mol. The Morgan fingerprint density at radius 2 is 2.26 bits per heavy atom. The van der Waals surface area contributed by atoms with Crippen LogP contribution < -0.4 is 10.1 Å². The number of rotatable bonds is 5. The number of nitrogens with zero attached hydrogens (tertiary/aromatic N) is 2. The van der Waals surface area contributed by atoms with Crippen LogP contribution in [0.5, 0.6) is 5.88 Å². The Morgan fingerprint density at radius 3 is 2.79 bits per heavy atom. The van der Waals surface area contributed by atoms with E-state index in [1.54, 1.807) is 6.07 Å². The fourth-order valence-electron chi connectivity index (χ4n) is 1.88. The Morgan fingerprint density at radius 1 is 1.47 bits per heavy atom. The molecule has 1 atom stereocenters. The highest BCUT2D eigenvalue weighted by Gasteiger charge is 2.18. The molecule has 0 amide bonds. The molecule has 1 aromatic rings. The summed E-state index contributed by atoms with van der Waals surface area (Å²) < 4.78 is 30.4. The van der Waals surface area contributed by atoms with Crippen molar-refractivity contribution < 1.29 is 13.2 Å². The third kappa shape index (κ3) is 3.43. The maximum Gasteiger partial charge on any atom is 0.244 e. The molecule has 106 valence electrons. The predicted molar refractivity (Wildman–Crippen MR) is 71.6 cm³/mol. The lowest BCUT2D eigenvalue weighted by Gasteiger charge is -2.12. The number of hydrogen-bond donors (Lipinski definition) is 1. The van der Waals surface area contributed by atoms with Crippen molar-refractivity contribution in [3.05, 3.63) is 18.3 Å². The highest BCUT2D eigenvalue weighted by atomic mass is 32.2. The first-order chi connectivity index (χ1) is 9.00. The smallest absolute Gasteiger partial charge is 0.244 e. The first kappa shape index (κ1) is 14.2. The molecule has 0 saturated carbocycles. The van der Waals surface area contributed by atoms with Crippen molar-refractivity contribution in [1.82, 2.24) is 14.6 Å². The third-order valence-electron chi connectivity index (χ3n) is 3.12. The molecule has 1 unspecified atom stereocenters. The maximum atomic E-state index is 11.8. The van der Waals surface area contributed by atoms with Crippen LogP contribution in [0.2, 0.25) is 0 Å². The Bertz CT molecular complexity index is 508. The van der Waals surface area contributed by atoms with Crippen LogP contribution in [0.3, 0.4) is 0 Å². The highest BCUT2D eigenvalue weighted by Crippen LogP contribution is 2.16. The zero-order valence-electron chi connectivity index (χ0n) is 11.2. The Hall–Kier alpha value is -1.18. The summed E-state index contributed by atoms with van der Waals surface area (Å²) >= 11 is 0. The zero-order chi connectivity index (χ0) is 13.9. The van der Waals surface area contributed by atoms with E-state index in [9.17, 15) is 8.42 Å². The van der Waals surface area contributed by atoms with Gasteiger partial charge in [-0.3, -0.25) is 0 Å². The van der Waals surface area contributed by atoms with Crippen molar-refractivity contribution >= 4 is 10.0 Å². The lowest BCUT2D eigenvalue weighted by atomic mass is 10.1. The SMILES string of the molecule is CN(C)S(=O)(=O)c1ccc(OCC2CCNC2)nc1. The summed E-state index contributed by atoms with van der Waals surface area (Å²) in [5, 5.41) is 3.26. The fourth-order valence-corrected chi connectivity index (χ4v) is 2.72. The number of pyridine rings is 1. The van der Waals surface area contributed by atoms with Crippen molar-refractivity contribution in [2.75, 3.05) is 33.8 Å². The zero-order valence-corrected chi connectivity index (χ0v) is 12.0.